The molecule has 0 spiro atoms. The van der Waals surface area contributed by atoms with E-state index in [0.29, 0.717) is 12.3 Å². The van der Waals surface area contributed by atoms with E-state index in [-0.39, 0.29) is 11.6 Å². The van der Waals surface area contributed by atoms with Crippen LogP contribution in [-0.2, 0) is 6.42 Å². The average Bonchev–Trinajstić information content (AvgIpc) is 2.49. The van der Waals surface area contributed by atoms with Crippen LogP contribution in [0.2, 0.25) is 0 Å². The third-order valence-electron chi connectivity index (χ3n) is 4.86. The first-order valence-electron chi connectivity index (χ1n) is 8.04. The number of nitrogens with two attached hydrogens (primary N) is 1. The Morgan fingerprint density at radius 3 is 2.33 bits per heavy atom. The molecule has 0 aromatic heterocycles. The van der Waals surface area contributed by atoms with Gasteiger partial charge < -0.3 is 0 Å². The minimum atomic E-state index is -0.477. The van der Waals surface area contributed by atoms with E-state index in [4.69, 9.17) is 5.84 Å². The molecule has 1 unspecified atom stereocenters. The predicted molar refractivity (Wildman–Crippen MR) is 81.5 cm³/mol. The molecule has 21 heavy (non-hydrogen) atoms. The third-order valence-corrected chi connectivity index (χ3v) is 4.86. The Morgan fingerprint density at radius 2 is 1.81 bits per heavy atom. The molecule has 2 rings (SSSR count). The quantitative estimate of drug-likeness (QED) is 0.616. The van der Waals surface area contributed by atoms with Crippen LogP contribution < -0.4 is 11.3 Å². The fraction of sp³-hybridized carbons (Fsp3) is 0.647. The van der Waals surface area contributed by atoms with Gasteiger partial charge in [-0.25, -0.2) is 8.78 Å². The standard InChI is InChI=1S/C17H26F2N2/c1-2-4-12-7-9-13(10-8-12)17(21-20)11-14-15(18)5-3-6-16(14)19/h3,5-6,12-13,17,21H,2,4,7-11,20H2,1H3. The van der Waals surface area contributed by atoms with E-state index in [1.54, 1.807) is 0 Å². The minimum absolute atomic E-state index is 0.0565. The number of halogens is 2. The van der Waals surface area contributed by atoms with Crippen molar-refractivity contribution in [1.82, 2.24) is 5.43 Å². The van der Waals surface area contributed by atoms with Gasteiger partial charge in [-0.05, 0) is 43.2 Å². The van der Waals surface area contributed by atoms with Gasteiger partial charge >= 0.3 is 0 Å². The van der Waals surface area contributed by atoms with Gasteiger partial charge in [0.2, 0.25) is 0 Å². The van der Waals surface area contributed by atoms with Gasteiger partial charge in [0.15, 0.2) is 0 Å². The molecule has 4 heteroatoms. The largest absolute Gasteiger partial charge is 0.271 e. The Bertz CT molecular complexity index is 422. The van der Waals surface area contributed by atoms with Gasteiger partial charge in [-0.1, -0.05) is 38.7 Å². The molecule has 0 saturated heterocycles. The lowest BCUT2D eigenvalue weighted by atomic mass is 9.76. The first-order chi connectivity index (χ1) is 10.2. The fourth-order valence-electron chi connectivity index (χ4n) is 3.60. The maximum atomic E-state index is 13.8. The van der Waals surface area contributed by atoms with E-state index >= 15 is 0 Å². The van der Waals surface area contributed by atoms with Crippen LogP contribution in [0.1, 0.15) is 51.0 Å². The topological polar surface area (TPSA) is 38.0 Å². The van der Waals surface area contributed by atoms with E-state index in [0.717, 1.165) is 18.8 Å². The summed E-state index contributed by atoms with van der Waals surface area (Å²) in [5.74, 6) is 5.92. The maximum Gasteiger partial charge on any atom is 0.129 e. The lowest BCUT2D eigenvalue weighted by Crippen LogP contribution is -2.44. The third kappa shape index (κ3) is 4.24. The molecular weight excluding hydrogens is 270 g/mol. The summed E-state index contributed by atoms with van der Waals surface area (Å²) in [5, 5.41) is 0. The molecule has 1 aromatic carbocycles. The highest BCUT2D eigenvalue weighted by molar-refractivity contribution is 5.21. The van der Waals surface area contributed by atoms with Gasteiger partial charge in [0, 0.05) is 11.6 Å². The van der Waals surface area contributed by atoms with Crippen LogP contribution in [0.4, 0.5) is 8.78 Å². The summed E-state index contributed by atoms with van der Waals surface area (Å²) in [6.07, 6.45) is 7.43. The summed E-state index contributed by atoms with van der Waals surface area (Å²) in [7, 11) is 0. The van der Waals surface area contributed by atoms with Crippen LogP contribution in [0.25, 0.3) is 0 Å². The second kappa shape index (κ2) is 7.85. The van der Waals surface area contributed by atoms with Crippen LogP contribution in [0, 0.1) is 23.5 Å². The summed E-state index contributed by atoms with van der Waals surface area (Å²) in [5.41, 5.74) is 2.94. The van der Waals surface area contributed by atoms with Gasteiger partial charge in [0.05, 0.1) is 0 Å². The summed E-state index contributed by atoms with van der Waals surface area (Å²) < 4.78 is 27.5. The number of nitrogens with one attached hydrogen (secondary N) is 1. The number of rotatable bonds is 6. The Labute approximate surface area is 126 Å². The van der Waals surface area contributed by atoms with Gasteiger partial charge in [-0.3, -0.25) is 11.3 Å². The number of benzene rings is 1. The zero-order chi connectivity index (χ0) is 15.2. The highest BCUT2D eigenvalue weighted by Gasteiger charge is 2.28. The lowest BCUT2D eigenvalue weighted by molar-refractivity contribution is 0.211. The molecule has 0 radical (unpaired) electrons. The molecule has 1 saturated carbocycles. The molecule has 2 nitrogen and oxygen atoms in total. The zero-order valence-corrected chi connectivity index (χ0v) is 12.7. The van der Waals surface area contributed by atoms with E-state index in [1.165, 1.54) is 43.9 Å². The molecule has 3 N–H and O–H groups in total. The van der Waals surface area contributed by atoms with Crippen molar-refractivity contribution in [1.29, 1.82) is 0 Å². The number of hydrogen-bond donors (Lipinski definition) is 2. The fourth-order valence-corrected chi connectivity index (χ4v) is 3.60. The summed E-state index contributed by atoms with van der Waals surface area (Å²) >= 11 is 0. The molecule has 1 atom stereocenters. The van der Waals surface area contributed by atoms with Crippen molar-refractivity contribution in [3.8, 4) is 0 Å². The molecule has 1 fully saturated rings. The summed E-state index contributed by atoms with van der Waals surface area (Å²) in [4.78, 5) is 0. The second-order valence-corrected chi connectivity index (χ2v) is 6.25. The smallest absolute Gasteiger partial charge is 0.129 e. The molecule has 1 aliphatic carbocycles. The summed E-state index contributed by atoms with van der Waals surface area (Å²) in [6.45, 7) is 2.22. The molecule has 0 bridgehead atoms. The Morgan fingerprint density at radius 1 is 1.19 bits per heavy atom. The average molecular weight is 296 g/mol. The SMILES string of the molecule is CCCC1CCC(C(Cc2c(F)cccc2F)NN)CC1. The Balaban J connectivity index is 1.98. The van der Waals surface area contributed by atoms with Gasteiger partial charge in [0.1, 0.15) is 11.6 Å². The second-order valence-electron chi connectivity index (χ2n) is 6.25. The molecule has 0 amide bonds. The van der Waals surface area contributed by atoms with Crippen molar-refractivity contribution in [2.24, 2.45) is 17.7 Å². The maximum absolute atomic E-state index is 13.8. The van der Waals surface area contributed by atoms with E-state index < -0.39 is 11.6 Å². The van der Waals surface area contributed by atoms with E-state index in [9.17, 15) is 8.78 Å². The van der Waals surface area contributed by atoms with Crippen LogP contribution in [0.3, 0.4) is 0 Å². The molecule has 118 valence electrons. The lowest BCUT2D eigenvalue weighted by Gasteiger charge is -2.33. The highest BCUT2D eigenvalue weighted by atomic mass is 19.1. The van der Waals surface area contributed by atoms with E-state index in [1.807, 2.05) is 0 Å². The monoisotopic (exact) mass is 296 g/mol. The highest BCUT2D eigenvalue weighted by Crippen LogP contribution is 2.34. The molecule has 1 aromatic rings. The van der Waals surface area contributed by atoms with Gasteiger partial charge in [-0.2, -0.15) is 0 Å². The first kappa shape index (κ1) is 16.4. The number of hydrazine groups is 1. The van der Waals surface area contributed by atoms with Crippen molar-refractivity contribution >= 4 is 0 Å². The van der Waals surface area contributed by atoms with Crippen molar-refractivity contribution < 1.29 is 8.78 Å². The molecular formula is C17H26F2N2. The molecule has 0 aliphatic heterocycles. The Hall–Kier alpha value is -1.00. The van der Waals surface area contributed by atoms with Crippen molar-refractivity contribution in [3.05, 3.63) is 35.4 Å². The van der Waals surface area contributed by atoms with Crippen LogP contribution in [-0.4, -0.2) is 6.04 Å². The van der Waals surface area contributed by atoms with Gasteiger partial charge in [-0.15, -0.1) is 0 Å². The summed E-state index contributed by atoms with van der Waals surface area (Å²) in [6, 6.07) is 3.96. The van der Waals surface area contributed by atoms with Crippen molar-refractivity contribution in [2.45, 2.75) is 57.9 Å². The van der Waals surface area contributed by atoms with Gasteiger partial charge in [0.25, 0.3) is 0 Å². The zero-order valence-electron chi connectivity index (χ0n) is 12.7. The van der Waals surface area contributed by atoms with Crippen LogP contribution in [0.15, 0.2) is 18.2 Å². The van der Waals surface area contributed by atoms with Crippen molar-refractivity contribution in [2.75, 3.05) is 0 Å². The van der Waals surface area contributed by atoms with Crippen LogP contribution >= 0.6 is 0 Å². The van der Waals surface area contributed by atoms with Crippen LogP contribution in [0.5, 0.6) is 0 Å². The predicted octanol–water partition coefficient (Wildman–Crippen LogP) is 3.95. The van der Waals surface area contributed by atoms with E-state index in [2.05, 4.69) is 12.3 Å². The Kier molecular flexibility index (Phi) is 6.12. The first-order valence-corrected chi connectivity index (χ1v) is 8.04. The number of hydrogen-bond acceptors (Lipinski definition) is 2. The molecule has 1 aliphatic rings. The minimum Gasteiger partial charge on any atom is -0.271 e. The molecule has 0 heterocycles. The van der Waals surface area contributed by atoms with Crippen molar-refractivity contribution in [3.63, 3.8) is 0 Å². The normalized spacial score (nSPS) is 24.0.